The quantitative estimate of drug-likeness (QED) is 0.171. The van der Waals surface area contributed by atoms with E-state index in [2.05, 4.69) is 42.8 Å². The van der Waals surface area contributed by atoms with Crippen molar-refractivity contribution in [3.05, 3.63) is 110 Å². The Morgan fingerprint density at radius 1 is 0.855 bits per heavy atom. The largest absolute Gasteiger partial charge is 1.00 e. The Morgan fingerprint density at radius 3 is 1.75 bits per heavy atom. The van der Waals surface area contributed by atoms with E-state index in [1.165, 1.54) is 32.7 Å². The van der Waals surface area contributed by atoms with Crippen molar-refractivity contribution >= 4 is 35.3 Å². The maximum absolute atomic E-state index is 12.4. The summed E-state index contributed by atoms with van der Waals surface area (Å²) in [5.41, 5.74) is 2.81. The van der Waals surface area contributed by atoms with E-state index in [1.54, 1.807) is 49.6 Å². The Labute approximate surface area is 346 Å². The number of fused-ring (bicyclic) bond motifs is 2. The third kappa shape index (κ3) is 13.6. The number of pyridine rings is 2. The van der Waals surface area contributed by atoms with E-state index < -0.39 is 0 Å². The summed E-state index contributed by atoms with van der Waals surface area (Å²) in [5.74, 6) is 1.85. The van der Waals surface area contributed by atoms with Gasteiger partial charge in [0.25, 0.3) is 11.1 Å². The van der Waals surface area contributed by atoms with Crippen LogP contribution in [0, 0.1) is 0 Å². The van der Waals surface area contributed by atoms with Gasteiger partial charge in [-0.2, -0.15) is 12.6 Å². The number of aliphatic hydroxyl groups excluding tert-OH is 1. The third-order valence-electron chi connectivity index (χ3n) is 7.89. The van der Waals surface area contributed by atoms with E-state index in [0.29, 0.717) is 17.6 Å². The van der Waals surface area contributed by atoms with Crippen LogP contribution < -0.4 is 34.7 Å². The molecular weight excluding hydrogens is 739 g/mol. The average Bonchev–Trinajstić information content (AvgIpc) is 3.98. The second-order valence-corrected chi connectivity index (χ2v) is 12.9. The van der Waals surface area contributed by atoms with E-state index >= 15 is 0 Å². The summed E-state index contributed by atoms with van der Waals surface area (Å²) in [6, 6.07) is 7.96. The molecule has 18 heteroatoms. The molecule has 1 N–H and O–H groups in total. The van der Waals surface area contributed by atoms with Crippen LogP contribution in [0.15, 0.2) is 71.0 Å². The normalized spacial score (nSPS) is 11.9. The van der Waals surface area contributed by atoms with Crippen LogP contribution in [0.2, 0.25) is 5.28 Å². The first-order valence-corrected chi connectivity index (χ1v) is 18.5. The topological polar surface area (TPSA) is 169 Å². The molecule has 15 nitrogen and oxygen atoms in total. The number of hydrogen-bond donors (Lipinski definition) is 2. The Hall–Kier alpha value is -4.04. The van der Waals surface area contributed by atoms with E-state index in [-0.39, 0.29) is 67.4 Å². The van der Waals surface area contributed by atoms with Crippen molar-refractivity contribution in [3.8, 4) is 6.01 Å². The van der Waals surface area contributed by atoms with E-state index in [9.17, 15) is 9.59 Å². The Morgan fingerprint density at radius 2 is 1.31 bits per heavy atom. The third-order valence-corrected chi connectivity index (χ3v) is 8.22. The summed E-state index contributed by atoms with van der Waals surface area (Å²) in [6.07, 6.45) is 14.2. The summed E-state index contributed by atoms with van der Waals surface area (Å²) in [6.45, 7) is 10.6. The van der Waals surface area contributed by atoms with Crippen molar-refractivity contribution in [2.45, 2.75) is 65.2 Å². The molecule has 1 aliphatic heterocycles. The first kappa shape index (κ1) is 45.3. The molecule has 0 amide bonds. The zero-order valence-corrected chi connectivity index (χ0v) is 34.3. The fourth-order valence-corrected chi connectivity index (χ4v) is 5.10. The van der Waals surface area contributed by atoms with Crippen molar-refractivity contribution in [1.82, 2.24) is 48.3 Å². The summed E-state index contributed by atoms with van der Waals surface area (Å²) in [7, 11) is 3.23. The van der Waals surface area contributed by atoms with E-state index in [1.807, 2.05) is 52.0 Å². The van der Waals surface area contributed by atoms with Gasteiger partial charge in [-0.05, 0) is 72.5 Å². The predicted molar refractivity (Wildman–Crippen MR) is 214 cm³/mol. The number of rotatable bonds is 8. The second kappa shape index (κ2) is 24.5. The smallest absolute Gasteiger partial charge is 1.00 e. The van der Waals surface area contributed by atoms with Crippen LogP contribution >= 0.6 is 24.2 Å². The maximum Gasteiger partial charge on any atom is 1.00 e. The molecule has 0 aliphatic carbocycles. The minimum atomic E-state index is -0.186. The average molecular weight is 792 g/mol. The number of nitrogens with zero attached hydrogens (tertiary/aromatic N) is 10. The van der Waals surface area contributed by atoms with Crippen LogP contribution in [0.25, 0.3) is 11.0 Å². The van der Waals surface area contributed by atoms with Gasteiger partial charge in [-0.1, -0.05) is 27.7 Å². The van der Waals surface area contributed by atoms with Gasteiger partial charge < -0.3 is 16.0 Å². The first-order valence-electron chi connectivity index (χ1n) is 18.2. The van der Waals surface area contributed by atoms with Gasteiger partial charge in [0.1, 0.15) is 11.6 Å². The molecule has 0 spiro atoms. The molecule has 7 heterocycles. The number of thiol groups is 1. The van der Waals surface area contributed by atoms with Crippen molar-refractivity contribution in [2.75, 3.05) is 32.7 Å². The monoisotopic (exact) mass is 791 g/mol. The molecule has 7 rings (SSSR count). The van der Waals surface area contributed by atoms with Gasteiger partial charge >= 0.3 is 24.9 Å². The summed E-state index contributed by atoms with van der Waals surface area (Å²) >= 11 is 9.28. The molecule has 6 aromatic heterocycles. The molecule has 1 fully saturated rings. The summed E-state index contributed by atoms with van der Waals surface area (Å²) in [4.78, 5) is 40.4. The van der Waals surface area contributed by atoms with Gasteiger partial charge in [-0.15, -0.1) is 10.2 Å². The summed E-state index contributed by atoms with van der Waals surface area (Å²) < 4.78 is 22.5. The van der Waals surface area contributed by atoms with E-state index in [0.717, 1.165) is 48.8 Å². The van der Waals surface area contributed by atoms with Gasteiger partial charge in [0.05, 0.1) is 19.0 Å². The zero-order chi connectivity index (χ0) is 40.3. The number of aromatic nitrogens is 10. The molecule has 294 valence electrons. The first-order chi connectivity index (χ1) is 26.4. The number of imidazole rings is 2. The summed E-state index contributed by atoms with van der Waals surface area (Å²) in [5, 5.41) is 17.2. The molecule has 1 aliphatic rings. The standard InChI is InChI=1S/C16H19N5O2.C9H11ClN4O.C7H9NO.C4H8O.CH4S.Li.H/c1-11(2)14-18-10-13-15(22)20(3)16(19-21(13)14)23-9-6-12-4-7-17-8-5-12;1-5(2)7-11-4-6-8(15)13(3)9(10)12-14(6)7;9-6-3-7-1-4-8-5-2-7;1-2-4-5-3-1;1-2;;/h4-5,7-8,10-11H,6,9H2,1-3H3;4-5H,1-3H3;1-2,4-5,9H,3,6H2;1-4H2;2H,1H3;;/q;;;;;+1;-1/i;;;;1D;;. The van der Waals surface area contributed by atoms with Gasteiger partial charge in [0.15, 0.2) is 11.0 Å². The van der Waals surface area contributed by atoms with Crippen molar-refractivity contribution in [1.29, 1.82) is 0 Å². The Balaban J connectivity index is 0.000000410. The fourth-order valence-electron chi connectivity index (χ4n) is 4.95. The molecule has 0 atom stereocenters. The van der Waals surface area contributed by atoms with Gasteiger partial charge in [0.2, 0.25) is 5.28 Å². The van der Waals surface area contributed by atoms with Crippen LogP contribution in [0.3, 0.4) is 0 Å². The van der Waals surface area contributed by atoms with Crippen molar-refractivity contribution < 1.29 is 36.2 Å². The molecule has 0 aromatic carbocycles. The molecule has 0 unspecified atom stereocenters. The van der Waals surface area contributed by atoms with Crippen LogP contribution in [-0.2, 0) is 31.7 Å². The molecule has 6 aromatic rings. The fraction of sp³-hybridized carbons (Fsp3) is 0.459. The van der Waals surface area contributed by atoms with Crippen LogP contribution in [0.1, 0.15) is 77.9 Å². The second-order valence-electron chi connectivity index (χ2n) is 12.5. The van der Waals surface area contributed by atoms with Crippen LogP contribution in [0.5, 0.6) is 6.01 Å². The number of aliphatic hydroxyl groups is 1. The molecule has 0 saturated carbocycles. The molecule has 1 saturated heterocycles. The van der Waals surface area contributed by atoms with Gasteiger partial charge in [-0.3, -0.25) is 28.7 Å². The Kier molecular flexibility index (Phi) is 20.2. The minimum Gasteiger partial charge on any atom is -1.00 e. The number of hydrogen-bond acceptors (Lipinski definition) is 12. The van der Waals surface area contributed by atoms with Gasteiger partial charge in [-0.25, -0.2) is 19.0 Å². The van der Waals surface area contributed by atoms with Gasteiger partial charge in [0, 0.05) is 78.3 Å². The van der Waals surface area contributed by atoms with E-state index in [4.69, 9.17) is 27.6 Å². The SMILES string of the molecule is C1CCOC1.CC(C)c1ncc2c(=O)n(C)c(Cl)nn12.CC(C)c1ncc2c(=O)n(C)c(OCCc3ccncc3)nn12.OCCc1ccncc1.[2H]CS.[H-].[Li+]. The van der Waals surface area contributed by atoms with Crippen LogP contribution in [0.4, 0.5) is 0 Å². The predicted octanol–water partition coefficient (Wildman–Crippen LogP) is 1.85. The molecule has 55 heavy (non-hydrogen) atoms. The van der Waals surface area contributed by atoms with Crippen molar-refractivity contribution in [2.24, 2.45) is 14.1 Å². The molecule has 0 bridgehead atoms. The minimum absolute atomic E-state index is 0. The molecular formula is C37H52ClLiN10O5S. The number of ether oxygens (including phenoxy) is 2. The van der Waals surface area contributed by atoms with Crippen molar-refractivity contribution in [3.63, 3.8) is 0 Å². The Bertz CT molecular complexity index is 2140. The zero-order valence-electron chi connectivity index (χ0n) is 34.7. The maximum atomic E-state index is 12.4. The number of halogens is 1. The molecule has 0 radical (unpaired) electrons. The van der Waals surface area contributed by atoms with Crippen LogP contribution in [-0.4, -0.2) is 86.1 Å².